The Bertz CT molecular complexity index is 893. The van der Waals surface area contributed by atoms with Crippen molar-refractivity contribution in [1.82, 2.24) is 9.97 Å². The van der Waals surface area contributed by atoms with E-state index in [9.17, 15) is 4.79 Å². The summed E-state index contributed by atoms with van der Waals surface area (Å²) in [6.45, 7) is 6.06. The van der Waals surface area contributed by atoms with E-state index in [4.69, 9.17) is 9.47 Å². The fourth-order valence-electron chi connectivity index (χ4n) is 2.38. The highest BCUT2D eigenvalue weighted by atomic mass is 32.1. The Morgan fingerprint density at radius 2 is 1.96 bits per heavy atom. The molecule has 0 bridgehead atoms. The van der Waals surface area contributed by atoms with Gasteiger partial charge in [-0.05, 0) is 57.2 Å². The Labute approximate surface area is 162 Å². The van der Waals surface area contributed by atoms with Crippen molar-refractivity contribution in [2.45, 2.75) is 33.5 Å². The lowest BCUT2D eigenvalue weighted by Crippen LogP contribution is -2.11. The topological polar surface area (TPSA) is 73.3 Å². The number of nitrogens with one attached hydrogen (secondary N) is 1. The van der Waals surface area contributed by atoms with Crippen LogP contribution < -0.4 is 14.8 Å². The molecule has 0 aliphatic heterocycles. The highest BCUT2D eigenvalue weighted by Crippen LogP contribution is 2.22. The van der Waals surface area contributed by atoms with E-state index in [2.05, 4.69) is 15.3 Å². The summed E-state index contributed by atoms with van der Waals surface area (Å²) in [6.07, 6.45) is 3.43. The Morgan fingerprint density at radius 3 is 2.63 bits per heavy atom. The van der Waals surface area contributed by atoms with E-state index < -0.39 is 0 Å². The average Bonchev–Trinajstić information content (AvgIpc) is 3.03. The summed E-state index contributed by atoms with van der Waals surface area (Å²) in [6, 6.07) is 10.9. The summed E-state index contributed by atoms with van der Waals surface area (Å²) in [7, 11) is 0. The number of ether oxygens (including phenoxy) is 2. The molecule has 140 valence electrons. The van der Waals surface area contributed by atoms with Crippen molar-refractivity contribution >= 4 is 22.9 Å². The lowest BCUT2D eigenvalue weighted by molar-refractivity contribution is 0.102. The predicted molar refractivity (Wildman–Crippen MR) is 106 cm³/mol. The van der Waals surface area contributed by atoms with Crippen molar-refractivity contribution in [3.05, 3.63) is 64.4 Å². The van der Waals surface area contributed by atoms with Gasteiger partial charge in [0.05, 0.1) is 18.0 Å². The molecule has 0 aliphatic carbocycles. The van der Waals surface area contributed by atoms with Gasteiger partial charge in [0.1, 0.15) is 28.0 Å². The number of aromatic nitrogens is 2. The number of rotatable bonds is 7. The van der Waals surface area contributed by atoms with E-state index in [-0.39, 0.29) is 12.0 Å². The first-order valence-electron chi connectivity index (χ1n) is 8.58. The molecule has 0 radical (unpaired) electrons. The second-order valence-corrected chi connectivity index (χ2v) is 7.23. The molecule has 0 saturated heterocycles. The quantitative estimate of drug-likeness (QED) is 0.652. The number of carbonyl (C=O) groups excluding carboxylic acids is 1. The third kappa shape index (κ3) is 5.27. The maximum absolute atomic E-state index is 12.6. The largest absolute Gasteiger partial charge is 0.491 e. The number of thiazole rings is 1. The minimum atomic E-state index is -0.185. The maximum atomic E-state index is 12.6. The SMILES string of the molecule is Cc1nc(COc2cccnc2)sc1C(=O)Nc1ccc(OC(C)C)cc1. The zero-order valence-electron chi connectivity index (χ0n) is 15.4. The highest BCUT2D eigenvalue weighted by Gasteiger charge is 2.16. The van der Waals surface area contributed by atoms with Crippen LogP contribution in [0.25, 0.3) is 0 Å². The molecule has 1 N–H and O–H groups in total. The molecule has 0 unspecified atom stereocenters. The molecule has 3 aromatic rings. The van der Waals surface area contributed by atoms with Gasteiger partial charge in [0.15, 0.2) is 0 Å². The normalized spacial score (nSPS) is 10.7. The molecule has 0 fully saturated rings. The van der Waals surface area contributed by atoms with Crippen molar-refractivity contribution in [2.75, 3.05) is 5.32 Å². The zero-order valence-corrected chi connectivity index (χ0v) is 16.2. The van der Waals surface area contributed by atoms with E-state index in [1.54, 1.807) is 18.5 Å². The first-order chi connectivity index (χ1) is 13.0. The molecule has 0 saturated carbocycles. The van der Waals surface area contributed by atoms with Crippen LogP contribution >= 0.6 is 11.3 Å². The summed E-state index contributed by atoms with van der Waals surface area (Å²) in [5.41, 5.74) is 1.39. The summed E-state index contributed by atoms with van der Waals surface area (Å²) in [5, 5.41) is 3.63. The van der Waals surface area contributed by atoms with Crippen LogP contribution in [0.2, 0.25) is 0 Å². The summed E-state index contributed by atoms with van der Waals surface area (Å²) in [5.74, 6) is 1.25. The number of pyridine rings is 1. The molecule has 0 atom stereocenters. The minimum Gasteiger partial charge on any atom is -0.491 e. The number of benzene rings is 1. The van der Waals surface area contributed by atoms with Crippen LogP contribution in [-0.4, -0.2) is 22.0 Å². The number of carbonyl (C=O) groups is 1. The number of anilines is 1. The number of hydrogen-bond donors (Lipinski definition) is 1. The first-order valence-corrected chi connectivity index (χ1v) is 9.40. The molecule has 0 aliphatic rings. The smallest absolute Gasteiger partial charge is 0.267 e. The summed E-state index contributed by atoms with van der Waals surface area (Å²) in [4.78, 5) is 21.6. The Morgan fingerprint density at radius 1 is 1.19 bits per heavy atom. The molecule has 2 heterocycles. The van der Waals surface area contributed by atoms with Gasteiger partial charge < -0.3 is 14.8 Å². The molecule has 1 amide bonds. The Kier molecular flexibility index (Phi) is 6.03. The van der Waals surface area contributed by atoms with E-state index in [1.807, 2.05) is 51.1 Å². The molecule has 6 nitrogen and oxygen atoms in total. The summed E-state index contributed by atoms with van der Waals surface area (Å²) >= 11 is 1.32. The Hall–Kier alpha value is -2.93. The van der Waals surface area contributed by atoms with Crippen molar-refractivity contribution in [2.24, 2.45) is 0 Å². The second kappa shape index (κ2) is 8.64. The lowest BCUT2D eigenvalue weighted by atomic mass is 10.3. The molecule has 3 rings (SSSR count). The minimum absolute atomic E-state index is 0.109. The number of aryl methyl sites for hydroxylation is 1. The van der Waals surface area contributed by atoms with Crippen molar-refractivity contribution in [1.29, 1.82) is 0 Å². The van der Waals surface area contributed by atoms with Gasteiger partial charge in [-0.25, -0.2) is 4.98 Å². The molecule has 1 aromatic carbocycles. The molecular formula is C20H21N3O3S. The van der Waals surface area contributed by atoms with E-state index >= 15 is 0 Å². The molecular weight excluding hydrogens is 362 g/mol. The molecule has 2 aromatic heterocycles. The van der Waals surface area contributed by atoms with Crippen LogP contribution in [0.4, 0.5) is 5.69 Å². The van der Waals surface area contributed by atoms with Crippen LogP contribution in [0.15, 0.2) is 48.8 Å². The fourth-order valence-corrected chi connectivity index (χ4v) is 3.25. The van der Waals surface area contributed by atoms with Gasteiger partial charge in [0, 0.05) is 11.9 Å². The van der Waals surface area contributed by atoms with Crippen LogP contribution in [0.1, 0.15) is 34.2 Å². The van der Waals surface area contributed by atoms with E-state index in [0.717, 1.165) is 10.8 Å². The predicted octanol–water partition coefficient (Wildman–Crippen LogP) is 4.47. The average molecular weight is 383 g/mol. The van der Waals surface area contributed by atoms with Gasteiger partial charge >= 0.3 is 0 Å². The number of nitrogens with zero attached hydrogens (tertiary/aromatic N) is 2. The van der Waals surface area contributed by atoms with Gasteiger partial charge in [-0.3, -0.25) is 9.78 Å². The molecule has 0 spiro atoms. The zero-order chi connectivity index (χ0) is 19.2. The third-order valence-corrected chi connectivity index (χ3v) is 4.66. The maximum Gasteiger partial charge on any atom is 0.267 e. The fraction of sp³-hybridized carbons (Fsp3) is 0.250. The van der Waals surface area contributed by atoms with Gasteiger partial charge in [0.2, 0.25) is 0 Å². The standard InChI is InChI=1S/C20H21N3O3S/c1-13(2)26-16-8-6-15(7-9-16)23-20(24)19-14(3)22-18(27-19)12-25-17-5-4-10-21-11-17/h4-11,13H,12H2,1-3H3,(H,23,24). The van der Waals surface area contributed by atoms with Crippen LogP contribution in [0.5, 0.6) is 11.5 Å². The van der Waals surface area contributed by atoms with Crippen LogP contribution in [-0.2, 0) is 6.61 Å². The van der Waals surface area contributed by atoms with Gasteiger partial charge in [-0.15, -0.1) is 11.3 Å². The monoisotopic (exact) mass is 383 g/mol. The molecule has 27 heavy (non-hydrogen) atoms. The third-order valence-electron chi connectivity index (χ3n) is 3.53. The first kappa shape index (κ1) is 18.8. The van der Waals surface area contributed by atoms with E-state index in [1.165, 1.54) is 11.3 Å². The van der Waals surface area contributed by atoms with Crippen LogP contribution in [0.3, 0.4) is 0 Å². The van der Waals surface area contributed by atoms with Crippen molar-refractivity contribution < 1.29 is 14.3 Å². The van der Waals surface area contributed by atoms with Crippen LogP contribution in [0, 0.1) is 6.92 Å². The number of amides is 1. The lowest BCUT2D eigenvalue weighted by Gasteiger charge is -2.10. The van der Waals surface area contributed by atoms with Gasteiger partial charge in [-0.1, -0.05) is 0 Å². The van der Waals surface area contributed by atoms with Gasteiger partial charge in [0.25, 0.3) is 5.91 Å². The van der Waals surface area contributed by atoms with Crippen molar-refractivity contribution in [3.8, 4) is 11.5 Å². The second-order valence-electron chi connectivity index (χ2n) is 6.14. The van der Waals surface area contributed by atoms with Gasteiger partial charge in [-0.2, -0.15) is 0 Å². The van der Waals surface area contributed by atoms with E-state index in [0.29, 0.717) is 28.6 Å². The van der Waals surface area contributed by atoms with Crippen molar-refractivity contribution in [3.63, 3.8) is 0 Å². The Balaban J connectivity index is 1.62. The highest BCUT2D eigenvalue weighted by molar-refractivity contribution is 7.13. The summed E-state index contributed by atoms with van der Waals surface area (Å²) < 4.78 is 11.2. The molecule has 7 heteroatoms. The number of hydrogen-bond acceptors (Lipinski definition) is 6.